The topological polar surface area (TPSA) is 30.2 Å². The fraction of sp³-hybridized carbons (Fsp3) is 0.333. The SMILES string of the molecule is CC(C)c1nc(Br)c2c(Cl)nccn12. The highest BCUT2D eigenvalue weighted by Crippen LogP contribution is 2.27. The van der Waals surface area contributed by atoms with Crippen molar-refractivity contribution < 1.29 is 0 Å². The van der Waals surface area contributed by atoms with Crippen molar-refractivity contribution in [3.05, 3.63) is 28.0 Å². The van der Waals surface area contributed by atoms with Crippen molar-refractivity contribution >= 4 is 33.0 Å². The molecule has 0 aromatic carbocycles. The van der Waals surface area contributed by atoms with Crippen LogP contribution in [-0.4, -0.2) is 14.4 Å². The smallest absolute Gasteiger partial charge is 0.155 e. The van der Waals surface area contributed by atoms with E-state index in [-0.39, 0.29) is 0 Å². The molecule has 0 aliphatic rings. The van der Waals surface area contributed by atoms with Gasteiger partial charge in [-0.15, -0.1) is 0 Å². The summed E-state index contributed by atoms with van der Waals surface area (Å²) in [4.78, 5) is 8.42. The van der Waals surface area contributed by atoms with Gasteiger partial charge in [0.1, 0.15) is 15.9 Å². The molecule has 0 saturated carbocycles. The van der Waals surface area contributed by atoms with Gasteiger partial charge >= 0.3 is 0 Å². The second-order valence-electron chi connectivity index (χ2n) is 3.35. The summed E-state index contributed by atoms with van der Waals surface area (Å²) in [7, 11) is 0. The molecule has 3 nitrogen and oxygen atoms in total. The molecule has 2 aromatic heterocycles. The molecule has 0 spiro atoms. The van der Waals surface area contributed by atoms with Gasteiger partial charge in [0, 0.05) is 18.3 Å². The number of rotatable bonds is 1. The average molecular weight is 275 g/mol. The van der Waals surface area contributed by atoms with Crippen LogP contribution in [0.5, 0.6) is 0 Å². The van der Waals surface area contributed by atoms with Crippen LogP contribution >= 0.6 is 27.5 Å². The first-order valence-corrected chi connectivity index (χ1v) is 5.46. The Kier molecular flexibility index (Phi) is 2.49. The molecule has 2 aromatic rings. The molecule has 14 heavy (non-hydrogen) atoms. The highest BCUT2D eigenvalue weighted by Gasteiger charge is 2.14. The molecule has 2 heterocycles. The summed E-state index contributed by atoms with van der Waals surface area (Å²) in [6.45, 7) is 4.19. The van der Waals surface area contributed by atoms with E-state index in [0.29, 0.717) is 11.1 Å². The molecule has 0 saturated heterocycles. The lowest BCUT2D eigenvalue weighted by atomic mass is 10.2. The zero-order valence-corrected chi connectivity index (χ0v) is 10.2. The molecular weight excluding hydrogens is 265 g/mol. The van der Waals surface area contributed by atoms with E-state index in [1.54, 1.807) is 6.20 Å². The normalized spacial score (nSPS) is 11.5. The van der Waals surface area contributed by atoms with E-state index in [2.05, 4.69) is 39.7 Å². The van der Waals surface area contributed by atoms with Crippen LogP contribution < -0.4 is 0 Å². The van der Waals surface area contributed by atoms with Gasteiger partial charge in [0.25, 0.3) is 0 Å². The largest absolute Gasteiger partial charge is 0.298 e. The van der Waals surface area contributed by atoms with Gasteiger partial charge in [0.2, 0.25) is 0 Å². The maximum absolute atomic E-state index is 5.98. The van der Waals surface area contributed by atoms with Crippen molar-refractivity contribution in [2.24, 2.45) is 0 Å². The van der Waals surface area contributed by atoms with E-state index in [4.69, 9.17) is 11.6 Å². The first-order chi connectivity index (χ1) is 6.61. The lowest BCUT2D eigenvalue weighted by molar-refractivity contribution is 0.767. The van der Waals surface area contributed by atoms with Gasteiger partial charge in [-0.25, -0.2) is 9.97 Å². The van der Waals surface area contributed by atoms with Gasteiger partial charge in [0.15, 0.2) is 5.15 Å². The van der Waals surface area contributed by atoms with Crippen molar-refractivity contribution in [3.63, 3.8) is 0 Å². The predicted molar refractivity (Wildman–Crippen MR) is 59.8 cm³/mol. The summed E-state index contributed by atoms with van der Waals surface area (Å²) in [6, 6.07) is 0. The quantitative estimate of drug-likeness (QED) is 0.799. The number of hydrogen-bond acceptors (Lipinski definition) is 2. The van der Waals surface area contributed by atoms with Crippen LogP contribution in [0.25, 0.3) is 5.52 Å². The lowest BCUT2D eigenvalue weighted by Gasteiger charge is -2.03. The lowest BCUT2D eigenvalue weighted by Crippen LogP contribution is -1.96. The van der Waals surface area contributed by atoms with Gasteiger partial charge in [-0.2, -0.15) is 0 Å². The summed E-state index contributed by atoms with van der Waals surface area (Å²) >= 11 is 9.36. The van der Waals surface area contributed by atoms with Crippen LogP contribution in [0.4, 0.5) is 0 Å². The molecule has 0 amide bonds. The maximum Gasteiger partial charge on any atom is 0.155 e. The maximum atomic E-state index is 5.98. The molecule has 5 heteroatoms. The molecular formula is C9H9BrClN3. The van der Waals surface area contributed by atoms with Gasteiger partial charge in [0.05, 0.1) is 0 Å². The number of fused-ring (bicyclic) bond motifs is 1. The fourth-order valence-electron chi connectivity index (χ4n) is 1.39. The van der Waals surface area contributed by atoms with Gasteiger partial charge < -0.3 is 0 Å². The fourth-order valence-corrected chi connectivity index (χ4v) is 2.30. The second-order valence-corrected chi connectivity index (χ2v) is 4.46. The van der Waals surface area contributed by atoms with Crippen molar-refractivity contribution in [2.45, 2.75) is 19.8 Å². The molecule has 74 valence electrons. The van der Waals surface area contributed by atoms with Crippen LogP contribution in [-0.2, 0) is 0 Å². The Morgan fingerprint density at radius 3 is 2.86 bits per heavy atom. The minimum atomic E-state index is 0.354. The van der Waals surface area contributed by atoms with Crippen LogP contribution in [0.1, 0.15) is 25.6 Å². The van der Waals surface area contributed by atoms with Gasteiger partial charge in [-0.3, -0.25) is 4.40 Å². The Balaban J connectivity index is 2.84. The number of nitrogens with zero attached hydrogens (tertiary/aromatic N) is 3. The summed E-state index contributed by atoms with van der Waals surface area (Å²) in [5.41, 5.74) is 0.831. The highest BCUT2D eigenvalue weighted by molar-refractivity contribution is 9.10. The molecule has 0 aliphatic carbocycles. The monoisotopic (exact) mass is 273 g/mol. The average Bonchev–Trinajstić information content (AvgIpc) is 2.45. The van der Waals surface area contributed by atoms with Crippen molar-refractivity contribution in [1.82, 2.24) is 14.4 Å². The first kappa shape index (κ1) is 9.93. The first-order valence-electron chi connectivity index (χ1n) is 4.29. The van der Waals surface area contributed by atoms with E-state index in [1.165, 1.54) is 0 Å². The molecule has 0 bridgehead atoms. The third-order valence-corrected chi connectivity index (χ3v) is 2.84. The molecule has 0 aliphatic heterocycles. The Labute approximate surface area is 95.3 Å². The molecule has 0 N–H and O–H groups in total. The van der Waals surface area contributed by atoms with E-state index in [1.807, 2.05) is 10.6 Å². The zero-order valence-electron chi connectivity index (χ0n) is 7.83. The zero-order chi connectivity index (χ0) is 10.3. The van der Waals surface area contributed by atoms with Gasteiger partial charge in [-0.05, 0) is 15.9 Å². The number of halogens is 2. The summed E-state index contributed by atoms with van der Waals surface area (Å²) in [5, 5.41) is 0.471. The minimum absolute atomic E-state index is 0.354. The van der Waals surface area contributed by atoms with E-state index in [9.17, 15) is 0 Å². The van der Waals surface area contributed by atoms with Crippen molar-refractivity contribution in [2.75, 3.05) is 0 Å². The number of aromatic nitrogens is 3. The standard InChI is InChI=1S/C9H9BrClN3/c1-5(2)9-13-7(10)6-8(11)12-3-4-14(6)9/h3-5H,1-2H3. The number of hydrogen-bond donors (Lipinski definition) is 0. The molecule has 0 fully saturated rings. The Bertz CT molecular complexity index is 478. The van der Waals surface area contributed by atoms with Crippen LogP contribution in [0.3, 0.4) is 0 Å². The summed E-state index contributed by atoms with van der Waals surface area (Å²) in [5.74, 6) is 1.34. The number of imidazole rings is 1. The summed E-state index contributed by atoms with van der Waals surface area (Å²) < 4.78 is 2.71. The van der Waals surface area contributed by atoms with E-state index in [0.717, 1.165) is 15.9 Å². The Hall–Kier alpha value is -0.610. The third kappa shape index (κ3) is 1.42. The van der Waals surface area contributed by atoms with Gasteiger partial charge in [-0.1, -0.05) is 25.4 Å². The highest BCUT2D eigenvalue weighted by atomic mass is 79.9. The predicted octanol–water partition coefficient (Wildman–Crippen LogP) is 3.27. The third-order valence-electron chi connectivity index (χ3n) is 2.01. The van der Waals surface area contributed by atoms with Crippen molar-refractivity contribution in [3.8, 4) is 0 Å². The molecule has 0 unspecified atom stereocenters. The second kappa shape index (κ2) is 3.51. The Morgan fingerprint density at radius 2 is 2.21 bits per heavy atom. The molecule has 0 atom stereocenters. The molecule has 0 radical (unpaired) electrons. The molecule has 2 rings (SSSR count). The van der Waals surface area contributed by atoms with Crippen LogP contribution in [0.2, 0.25) is 5.15 Å². The van der Waals surface area contributed by atoms with E-state index < -0.39 is 0 Å². The summed E-state index contributed by atoms with van der Waals surface area (Å²) in [6.07, 6.45) is 3.55. The van der Waals surface area contributed by atoms with E-state index >= 15 is 0 Å². The van der Waals surface area contributed by atoms with Crippen LogP contribution in [0.15, 0.2) is 17.0 Å². The van der Waals surface area contributed by atoms with Crippen LogP contribution in [0, 0.1) is 0 Å². The van der Waals surface area contributed by atoms with Crippen molar-refractivity contribution in [1.29, 1.82) is 0 Å². The Morgan fingerprint density at radius 1 is 1.50 bits per heavy atom. The minimum Gasteiger partial charge on any atom is -0.298 e.